The first-order valence-electron chi connectivity index (χ1n) is 8.36. The third kappa shape index (κ3) is 7.61. The molecule has 0 N–H and O–H groups in total. The Morgan fingerprint density at radius 1 is 1.00 bits per heavy atom. The summed E-state index contributed by atoms with van der Waals surface area (Å²) in [5, 5.41) is 0. The van der Waals surface area contributed by atoms with Crippen LogP contribution in [0.15, 0.2) is 30.3 Å². The molecule has 4 nitrogen and oxygen atoms in total. The van der Waals surface area contributed by atoms with Crippen LogP contribution in [0.1, 0.15) is 26.3 Å². The predicted molar refractivity (Wildman–Crippen MR) is 97.6 cm³/mol. The average Bonchev–Trinajstić information content (AvgIpc) is 2.54. The summed E-state index contributed by atoms with van der Waals surface area (Å²) in [7, 11) is -5.10. The Hall–Kier alpha value is -0.693. The van der Waals surface area contributed by atoms with Gasteiger partial charge in [0.05, 0.1) is 12.9 Å². The van der Waals surface area contributed by atoms with Gasteiger partial charge in [-0.25, -0.2) is 0 Å². The molecule has 0 fully saturated rings. The number of hydrogen-bond acceptors (Lipinski definition) is 4. The minimum Gasteiger partial charge on any atom is -0.416 e. The van der Waals surface area contributed by atoms with Crippen LogP contribution in [0.4, 0.5) is 0 Å². The zero-order valence-corrected chi connectivity index (χ0v) is 16.6. The lowest BCUT2D eigenvalue weighted by atomic mass is 10.0. The molecule has 0 aromatic heterocycles. The monoisotopic (exact) mass is 358 g/mol. The molecular weight excluding hydrogens is 328 g/mol. The first-order chi connectivity index (χ1) is 10.8. The smallest absolute Gasteiger partial charge is 0.264 e. The summed E-state index contributed by atoms with van der Waals surface area (Å²) in [5.74, 6) is 0.0450. The minimum atomic E-state index is -3.43. The van der Waals surface area contributed by atoms with Crippen LogP contribution in [0, 0.1) is 5.92 Å². The minimum absolute atomic E-state index is 0.0450. The second kappa shape index (κ2) is 9.57. The van der Waals surface area contributed by atoms with Crippen molar-refractivity contribution in [3.05, 3.63) is 35.9 Å². The van der Waals surface area contributed by atoms with Gasteiger partial charge in [0.2, 0.25) is 0 Å². The van der Waals surface area contributed by atoms with Crippen LogP contribution in [-0.2, 0) is 25.1 Å². The van der Waals surface area contributed by atoms with Crippen LogP contribution in [0.2, 0.25) is 18.1 Å². The fraction of sp³-hybridized carbons (Fsp3) is 0.647. The lowest BCUT2D eigenvalue weighted by Crippen LogP contribution is -2.38. The van der Waals surface area contributed by atoms with E-state index in [0.29, 0.717) is 6.61 Å². The largest absolute Gasteiger partial charge is 0.416 e. The standard InChI is InChI=1S/C17H30O4SSi/c1-5-23(6-2,7-3)21-15-17(14-20-22(4,18)19)13-16-11-9-8-10-12-16/h8-12,17H,5-7,13-15H2,1-4H3. The molecule has 0 aliphatic rings. The number of benzene rings is 1. The molecular formula is C17H30O4SSi. The van der Waals surface area contributed by atoms with Crippen molar-refractivity contribution in [1.29, 1.82) is 0 Å². The normalized spacial score (nSPS) is 13.9. The third-order valence-electron chi connectivity index (χ3n) is 4.44. The Labute approximate surface area is 142 Å². The molecule has 1 aromatic carbocycles. The van der Waals surface area contributed by atoms with E-state index >= 15 is 0 Å². The summed E-state index contributed by atoms with van der Waals surface area (Å²) in [4.78, 5) is 0. The van der Waals surface area contributed by atoms with E-state index in [4.69, 9.17) is 8.61 Å². The molecule has 0 aliphatic carbocycles. The molecule has 1 rings (SSSR count). The molecule has 0 radical (unpaired) electrons. The van der Waals surface area contributed by atoms with Crippen molar-refractivity contribution in [1.82, 2.24) is 0 Å². The second-order valence-corrected chi connectivity index (χ2v) is 12.5. The zero-order valence-electron chi connectivity index (χ0n) is 14.7. The van der Waals surface area contributed by atoms with Gasteiger partial charge in [-0.2, -0.15) is 8.42 Å². The maximum absolute atomic E-state index is 11.3. The molecule has 0 saturated carbocycles. The van der Waals surface area contributed by atoms with E-state index < -0.39 is 18.4 Å². The van der Waals surface area contributed by atoms with Gasteiger partial charge in [-0.05, 0) is 30.1 Å². The SMILES string of the molecule is CC[Si](CC)(CC)OCC(COS(C)(=O)=O)Cc1ccccc1. The van der Waals surface area contributed by atoms with Crippen molar-refractivity contribution in [3.63, 3.8) is 0 Å². The molecule has 0 aliphatic heterocycles. The van der Waals surface area contributed by atoms with Gasteiger partial charge in [-0.15, -0.1) is 0 Å². The summed E-state index contributed by atoms with van der Waals surface area (Å²) in [6.07, 6.45) is 1.86. The highest BCUT2D eigenvalue weighted by Crippen LogP contribution is 2.23. The van der Waals surface area contributed by atoms with E-state index in [0.717, 1.165) is 30.8 Å². The van der Waals surface area contributed by atoms with E-state index in [1.54, 1.807) is 0 Å². The van der Waals surface area contributed by atoms with Crippen LogP contribution < -0.4 is 0 Å². The lowest BCUT2D eigenvalue weighted by molar-refractivity contribution is 0.173. The zero-order chi connectivity index (χ0) is 17.3. The molecule has 0 amide bonds. The van der Waals surface area contributed by atoms with Crippen LogP contribution in [0.25, 0.3) is 0 Å². The van der Waals surface area contributed by atoms with Gasteiger partial charge in [0, 0.05) is 12.5 Å². The average molecular weight is 359 g/mol. The van der Waals surface area contributed by atoms with Gasteiger partial charge in [-0.3, -0.25) is 4.18 Å². The molecule has 23 heavy (non-hydrogen) atoms. The first kappa shape index (κ1) is 20.4. The van der Waals surface area contributed by atoms with Crippen molar-refractivity contribution in [3.8, 4) is 0 Å². The van der Waals surface area contributed by atoms with Crippen LogP contribution >= 0.6 is 0 Å². The van der Waals surface area contributed by atoms with E-state index in [9.17, 15) is 8.42 Å². The predicted octanol–water partition coefficient (Wildman–Crippen LogP) is 3.84. The molecule has 6 heteroatoms. The Morgan fingerprint density at radius 2 is 1.57 bits per heavy atom. The highest BCUT2D eigenvalue weighted by molar-refractivity contribution is 7.85. The molecule has 1 aromatic rings. The van der Waals surface area contributed by atoms with Crippen molar-refractivity contribution in [2.24, 2.45) is 5.92 Å². The summed E-state index contributed by atoms with van der Waals surface area (Å²) < 4.78 is 34.0. The summed E-state index contributed by atoms with van der Waals surface area (Å²) >= 11 is 0. The fourth-order valence-electron chi connectivity index (χ4n) is 2.68. The van der Waals surface area contributed by atoms with Crippen molar-refractivity contribution in [2.75, 3.05) is 19.5 Å². The van der Waals surface area contributed by atoms with Crippen molar-refractivity contribution in [2.45, 2.75) is 45.3 Å². The quantitative estimate of drug-likeness (QED) is 0.445. The fourth-order valence-corrected chi connectivity index (χ4v) is 5.83. The summed E-state index contributed by atoms with van der Waals surface area (Å²) in [6, 6.07) is 13.3. The Bertz CT molecular complexity index is 533. The van der Waals surface area contributed by atoms with Gasteiger partial charge < -0.3 is 4.43 Å². The number of rotatable bonds is 11. The van der Waals surface area contributed by atoms with Crippen LogP contribution in [0.5, 0.6) is 0 Å². The Kier molecular flexibility index (Phi) is 8.46. The summed E-state index contributed by atoms with van der Waals surface area (Å²) in [6.45, 7) is 7.32. The van der Waals surface area contributed by atoms with Gasteiger partial charge in [-0.1, -0.05) is 51.1 Å². The van der Waals surface area contributed by atoms with Gasteiger partial charge in [0.25, 0.3) is 10.1 Å². The van der Waals surface area contributed by atoms with E-state index in [1.165, 1.54) is 5.56 Å². The molecule has 1 unspecified atom stereocenters. The van der Waals surface area contributed by atoms with Gasteiger partial charge in [0.15, 0.2) is 8.32 Å². The Balaban J connectivity index is 2.74. The lowest BCUT2D eigenvalue weighted by Gasteiger charge is -2.30. The highest BCUT2D eigenvalue weighted by Gasteiger charge is 2.30. The molecule has 0 heterocycles. The van der Waals surface area contributed by atoms with E-state index in [1.807, 2.05) is 18.2 Å². The van der Waals surface area contributed by atoms with Crippen molar-refractivity contribution < 1.29 is 17.0 Å². The van der Waals surface area contributed by atoms with Crippen LogP contribution in [-0.4, -0.2) is 36.2 Å². The van der Waals surface area contributed by atoms with Crippen LogP contribution in [0.3, 0.4) is 0 Å². The summed E-state index contributed by atoms with van der Waals surface area (Å²) in [5.41, 5.74) is 1.18. The second-order valence-electron chi connectivity index (χ2n) is 6.10. The molecule has 0 spiro atoms. The highest BCUT2D eigenvalue weighted by atomic mass is 32.2. The van der Waals surface area contributed by atoms with Crippen molar-refractivity contribution >= 4 is 18.4 Å². The van der Waals surface area contributed by atoms with Gasteiger partial charge in [0.1, 0.15) is 0 Å². The molecule has 0 bridgehead atoms. The number of hydrogen-bond donors (Lipinski definition) is 0. The van der Waals surface area contributed by atoms with E-state index in [-0.39, 0.29) is 12.5 Å². The van der Waals surface area contributed by atoms with Gasteiger partial charge >= 0.3 is 0 Å². The topological polar surface area (TPSA) is 52.6 Å². The third-order valence-corrected chi connectivity index (χ3v) is 9.65. The maximum Gasteiger partial charge on any atom is 0.264 e. The van der Waals surface area contributed by atoms with E-state index in [2.05, 4.69) is 32.9 Å². The Morgan fingerprint density at radius 3 is 2.04 bits per heavy atom. The molecule has 0 saturated heterocycles. The molecule has 1 atom stereocenters. The first-order valence-corrected chi connectivity index (χ1v) is 12.7. The molecule has 132 valence electrons. The maximum atomic E-state index is 11.3.